The number of amides is 1. The highest BCUT2D eigenvalue weighted by atomic mass is 35.5. The summed E-state index contributed by atoms with van der Waals surface area (Å²) in [7, 11) is 5.63. The summed E-state index contributed by atoms with van der Waals surface area (Å²) in [5.74, 6) is 0.678. The number of ether oxygens (including phenoxy) is 1. The van der Waals surface area contributed by atoms with Crippen molar-refractivity contribution in [3.05, 3.63) is 70.3 Å². The maximum atomic E-state index is 12.2. The third-order valence-corrected chi connectivity index (χ3v) is 4.62. The van der Waals surface area contributed by atoms with Crippen LogP contribution in [-0.2, 0) is 4.79 Å². The smallest absolute Gasteiger partial charge is 0.244 e. The van der Waals surface area contributed by atoms with Gasteiger partial charge in [0, 0.05) is 17.6 Å². The molecule has 0 saturated heterocycles. The van der Waals surface area contributed by atoms with Crippen LogP contribution in [0.4, 0.5) is 0 Å². The van der Waals surface area contributed by atoms with Crippen molar-refractivity contribution in [2.75, 3.05) is 27.7 Å². The standard InChI is InChI=1S/C21H25ClN2O2/c1-15-5-6-16(13-19(15)22)7-12-21(25)23-14-20(24(2)3)17-8-10-18(26-4)11-9-17/h5-13,20H,14H2,1-4H3,(H,23,25)/b12-7+. The number of likely N-dealkylation sites (N-methyl/N-ethyl adjacent to an activating group) is 1. The van der Waals surface area contributed by atoms with Gasteiger partial charge in [-0.25, -0.2) is 0 Å². The van der Waals surface area contributed by atoms with Crippen LogP contribution in [0.5, 0.6) is 5.75 Å². The summed E-state index contributed by atoms with van der Waals surface area (Å²) in [5, 5.41) is 3.65. The van der Waals surface area contributed by atoms with Crippen molar-refractivity contribution in [1.29, 1.82) is 0 Å². The van der Waals surface area contributed by atoms with E-state index < -0.39 is 0 Å². The van der Waals surface area contributed by atoms with Gasteiger partial charge in [-0.15, -0.1) is 0 Å². The lowest BCUT2D eigenvalue weighted by Gasteiger charge is -2.25. The summed E-state index contributed by atoms with van der Waals surface area (Å²) in [5.41, 5.74) is 3.03. The molecule has 0 aliphatic heterocycles. The van der Waals surface area contributed by atoms with Crippen LogP contribution < -0.4 is 10.1 Å². The van der Waals surface area contributed by atoms with Crippen molar-refractivity contribution in [1.82, 2.24) is 10.2 Å². The summed E-state index contributed by atoms with van der Waals surface area (Å²) in [6, 6.07) is 13.7. The molecular formula is C21H25ClN2O2. The molecule has 2 aromatic carbocycles. The highest BCUT2D eigenvalue weighted by Crippen LogP contribution is 2.21. The van der Waals surface area contributed by atoms with E-state index >= 15 is 0 Å². The number of aryl methyl sites for hydroxylation is 1. The van der Waals surface area contributed by atoms with Gasteiger partial charge in [0.1, 0.15) is 5.75 Å². The van der Waals surface area contributed by atoms with E-state index in [1.807, 2.05) is 63.5 Å². The highest BCUT2D eigenvalue weighted by Gasteiger charge is 2.14. The van der Waals surface area contributed by atoms with Gasteiger partial charge < -0.3 is 15.0 Å². The molecule has 0 aromatic heterocycles. The Hall–Kier alpha value is -2.30. The Morgan fingerprint density at radius 3 is 2.50 bits per heavy atom. The van der Waals surface area contributed by atoms with E-state index in [4.69, 9.17) is 16.3 Å². The Balaban J connectivity index is 1.98. The van der Waals surface area contributed by atoms with Gasteiger partial charge in [0.25, 0.3) is 0 Å². The van der Waals surface area contributed by atoms with E-state index in [9.17, 15) is 4.79 Å². The molecule has 1 unspecified atom stereocenters. The van der Waals surface area contributed by atoms with Gasteiger partial charge in [0.05, 0.1) is 13.2 Å². The van der Waals surface area contributed by atoms with Gasteiger partial charge in [0.2, 0.25) is 5.91 Å². The Morgan fingerprint density at radius 1 is 1.23 bits per heavy atom. The molecule has 0 heterocycles. The Labute approximate surface area is 160 Å². The molecule has 2 aromatic rings. The molecule has 5 heteroatoms. The van der Waals surface area contributed by atoms with Gasteiger partial charge in [-0.05, 0) is 62.0 Å². The fourth-order valence-electron chi connectivity index (χ4n) is 2.57. The minimum absolute atomic E-state index is 0.0760. The van der Waals surface area contributed by atoms with E-state index in [2.05, 4.69) is 10.2 Å². The van der Waals surface area contributed by atoms with Gasteiger partial charge in [-0.1, -0.05) is 35.9 Å². The van der Waals surface area contributed by atoms with Crippen molar-refractivity contribution in [3.8, 4) is 5.75 Å². The van der Waals surface area contributed by atoms with Crippen molar-refractivity contribution in [3.63, 3.8) is 0 Å². The zero-order chi connectivity index (χ0) is 19.1. The van der Waals surface area contributed by atoms with E-state index in [0.29, 0.717) is 11.6 Å². The van der Waals surface area contributed by atoms with Crippen molar-refractivity contribution >= 4 is 23.6 Å². The first kappa shape index (κ1) is 20.0. The quantitative estimate of drug-likeness (QED) is 0.744. The van der Waals surface area contributed by atoms with Gasteiger partial charge in [-0.2, -0.15) is 0 Å². The summed E-state index contributed by atoms with van der Waals surface area (Å²) < 4.78 is 5.20. The molecule has 0 radical (unpaired) electrons. The number of rotatable bonds is 7. The molecule has 0 aliphatic rings. The molecular weight excluding hydrogens is 348 g/mol. The van der Waals surface area contributed by atoms with E-state index in [1.54, 1.807) is 13.2 Å². The second kappa shape index (κ2) is 9.41. The lowest BCUT2D eigenvalue weighted by Crippen LogP contribution is -2.33. The molecule has 0 bridgehead atoms. The number of carbonyl (C=O) groups is 1. The van der Waals surface area contributed by atoms with Crippen LogP contribution in [0.1, 0.15) is 22.7 Å². The van der Waals surface area contributed by atoms with Crippen LogP contribution >= 0.6 is 11.6 Å². The normalized spacial score (nSPS) is 12.4. The van der Waals surface area contributed by atoms with Gasteiger partial charge >= 0.3 is 0 Å². The summed E-state index contributed by atoms with van der Waals surface area (Å²) in [4.78, 5) is 14.2. The number of benzene rings is 2. The monoisotopic (exact) mass is 372 g/mol. The Morgan fingerprint density at radius 2 is 1.92 bits per heavy atom. The molecule has 0 saturated carbocycles. The average Bonchev–Trinajstić information content (AvgIpc) is 2.63. The number of hydrogen-bond donors (Lipinski definition) is 1. The van der Waals surface area contributed by atoms with Crippen molar-refractivity contribution in [2.24, 2.45) is 0 Å². The number of hydrogen-bond acceptors (Lipinski definition) is 3. The number of nitrogens with one attached hydrogen (secondary N) is 1. The highest BCUT2D eigenvalue weighted by molar-refractivity contribution is 6.31. The largest absolute Gasteiger partial charge is 0.497 e. The lowest BCUT2D eigenvalue weighted by molar-refractivity contribution is -0.116. The maximum Gasteiger partial charge on any atom is 0.244 e. The van der Waals surface area contributed by atoms with E-state index in [-0.39, 0.29) is 11.9 Å². The molecule has 0 fully saturated rings. The van der Waals surface area contributed by atoms with Crippen LogP contribution in [0.15, 0.2) is 48.5 Å². The van der Waals surface area contributed by atoms with Crippen LogP contribution in [0, 0.1) is 6.92 Å². The molecule has 2 rings (SSSR count). The Kier molecular flexibility index (Phi) is 7.25. The topological polar surface area (TPSA) is 41.6 Å². The first-order valence-electron chi connectivity index (χ1n) is 8.43. The fraction of sp³-hybridized carbons (Fsp3) is 0.286. The molecule has 0 aliphatic carbocycles. The average molecular weight is 373 g/mol. The van der Waals surface area contributed by atoms with Crippen LogP contribution in [0.2, 0.25) is 5.02 Å². The third-order valence-electron chi connectivity index (χ3n) is 4.22. The van der Waals surface area contributed by atoms with Crippen LogP contribution in [-0.4, -0.2) is 38.6 Å². The van der Waals surface area contributed by atoms with Gasteiger partial charge in [-0.3, -0.25) is 4.79 Å². The number of methoxy groups -OCH3 is 1. The Bertz CT molecular complexity index is 770. The van der Waals surface area contributed by atoms with Crippen LogP contribution in [0.3, 0.4) is 0 Å². The lowest BCUT2D eigenvalue weighted by atomic mass is 10.1. The predicted octanol–water partition coefficient (Wildman–Crippen LogP) is 4.09. The van der Waals surface area contributed by atoms with Gasteiger partial charge in [0.15, 0.2) is 0 Å². The number of carbonyl (C=O) groups excluding carboxylic acids is 1. The maximum absolute atomic E-state index is 12.2. The molecule has 1 atom stereocenters. The van der Waals surface area contributed by atoms with Crippen LogP contribution in [0.25, 0.3) is 6.08 Å². The third kappa shape index (κ3) is 5.61. The molecule has 4 nitrogen and oxygen atoms in total. The van der Waals surface area contributed by atoms with Crippen molar-refractivity contribution < 1.29 is 9.53 Å². The number of halogens is 1. The summed E-state index contributed by atoms with van der Waals surface area (Å²) >= 11 is 6.11. The molecule has 0 spiro atoms. The SMILES string of the molecule is COc1ccc(C(CNC(=O)/C=C/c2ccc(C)c(Cl)c2)N(C)C)cc1. The number of nitrogens with zero attached hydrogens (tertiary/aromatic N) is 1. The van der Waals surface area contributed by atoms with E-state index in [1.165, 1.54) is 6.08 Å². The fourth-order valence-corrected chi connectivity index (χ4v) is 2.75. The zero-order valence-electron chi connectivity index (χ0n) is 15.6. The first-order valence-corrected chi connectivity index (χ1v) is 8.81. The second-order valence-electron chi connectivity index (χ2n) is 6.34. The minimum atomic E-state index is -0.137. The first-order chi connectivity index (χ1) is 12.4. The summed E-state index contributed by atoms with van der Waals surface area (Å²) in [6.45, 7) is 2.46. The second-order valence-corrected chi connectivity index (χ2v) is 6.75. The molecule has 138 valence electrons. The van der Waals surface area contributed by atoms with E-state index in [0.717, 1.165) is 22.4 Å². The molecule has 1 amide bonds. The molecule has 1 N–H and O–H groups in total. The minimum Gasteiger partial charge on any atom is -0.497 e. The van der Waals surface area contributed by atoms with Crippen molar-refractivity contribution in [2.45, 2.75) is 13.0 Å². The summed E-state index contributed by atoms with van der Waals surface area (Å²) in [6.07, 6.45) is 3.29. The zero-order valence-corrected chi connectivity index (χ0v) is 16.4. The molecule has 26 heavy (non-hydrogen) atoms. The predicted molar refractivity (Wildman–Crippen MR) is 108 cm³/mol.